The number of amides is 1. The predicted molar refractivity (Wildman–Crippen MR) is 103 cm³/mol. The average Bonchev–Trinajstić information content (AvgIpc) is 2.85. The molecule has 1 unspecified atom stereocenters. The quantitative estimate of drug-likeness (QED) is 0.739. The van der Waals surface area contributed by atoms with Crippen molar-refractivity contribution in [2.24, 2.45) is 0 Å². The molecule has 7 heteroatoms. The van der Waals surface area contributed by atoms with Gasteiger partial charge in [-0.3, -0.25) is 9.10 Å². The highest BCUT2D eigenvalue weighted by Crippen LogP contribution is 2.43. The summed E-state index contributed by atoms with van der Waals surface area (Å²) in [4.78, 5) is 12.9. The maximum absolute atomic E-state index is 13.0. The summed E-state index contributed by atoms with van der Waals surface area (Å²) in [5, 5.41) is 4.78. The second-order valence-corrected chi connectivity index (χ2v) is 8.32. The first-order valence-corrected chi connectivity index (χ1v) is 9.84. The highest BCUT2D eigenvalue weighted by molar-refractivity contribution is 7.93. The van der Waals surface area contributed by atoms with E-state index in [-0.39, 0.29) is 4.90 Å². The van der Waals surface area contributed by atoms with Gasteiger partial charge in [-0.25, -0.2) is 8.42 Å². The fraction of sp³-hybridized carbons (Fsp3) is 0.105. The third kappa shape index (κ3) is 2.53. The van der Waals surface area contributed by atoms with Crippen LogP contribution in [0.3, 0.4) is 0 Å². The molecule has 1 atom stereocenters. The smallest absolute Gasteiger partial charge is 0.265 e. The van der Waals surface area contributed by atoms with E-state index in [9.17, 15) is 13.2 Å². The normalized spacial score (nSPS) is 15.8. The third-order valence-corrected chi connectivity index (χ3v) is 6.64. The molecule has 26 heavy (non-hydrogen) atoms. The molecule has 4 rings (SSSR count). The molecule has 1 amide bonds. The molecular formula is C19H15ClN2O3S. The van der Waals surface area contributed by atoms with Crippen LogP contribution in [0.1, 0.15) is 6.92 Å². The van der Waals surface area contributed by atoms with Crippen molar-refractivity contribution >= 4 is 49.7 Å². The summed E-state index contributed by atoms with van der Waals surface area (Å²) in [6.07, 6.45) is 0. The third-order valence-electron chi connectivity index (χ3n) is 4.46. The van der Waals surface area contributed by atoms with Gasteiger partial charge in [0.1, 0.15) is 6.04 Å². The van der Waals surface area contributed by atoms with E-state index >= 15 is 0 Å². The van der Waals surface area contributed by atoms with Gasteiger partial charge in [-0.2, -0.15) is 0 Å². The Morgan fingerprint density at radius 3 is 2.38 bits per heavy atom. The lowest BCUT2D eigenvalue weighted by atomic mass is 10.1. The molecule has 0 saturated carbocycles. The van der Waals surface area contributed by atoms with Gasteiger partial charge in [0.15, 0.2) is 0 Å². The summed E-state index contributed by atoms with van der Waals surface area (Å²) in [7, 11) is -3.79. The van der Waals surface area contributed by atoms with Gasteiger partial charge in [0.05, 0.1) is 10.6 Å². The van der Waals surface area contributed by atoms with Crippen molar-refractivity contribution in [3.05, 3.63) is 65.7 Å². The highest BCUT2D eigenvalue weighted by Gasteiger charge is 2.40. The Kier molecular flexibility index (Phi) is 3.89. The summed E-state index contributed by atoms with van der Waals surface area (Å²) in [6.45, 7) is 1.58. The van der Waals surface area contributed by atoms with Crippen molar-refractivity contribution in [3.8, 4) is 0 Å². The van der Waals surface area contributed by atoms with E-state index in [1.165, 1.54) is 4.31 Å². The first-order chi connectivity index (χ1) is 12.4. The van der Waals surface area contributed by atoms with Crippen LogP contribution in [0, 0.1) is 0 Å². The van der Waals surface area contributed by atoms with Crippen molar-refractivity contribution in [1.82, 2.24) is 0 Å². The molecule has 1 aliphatic rings. The summed E-state index contributed by atoms with van der Waals surface area (Å²) < 4.78 is 27.3. The zero-order valence-electron chi connectivity index (χ0n) is 13.8. The Hall–Kier alpha value is -2.57. The van der Waals surface area contributed by atoms with E-state index in [2.05, 4.69) is 5.32 Å². The minimum Gasteiger partial charge on any atom is -0.324 e. The molecule has 5 nitrogen and oxygen atoms in total. The molecular weight excluding hydrogens is 372 g/mol. The van der Waals surface area contributed by atoms with Crippen LogP contribution in [-0.2, 0) is 14.8 Å². The van der Waals surface area contributed by atoms with Gasteiger partial charge in [0, 0.05) is 16.1 Å². The lowest BCUT2D eigenvalue weighted by Crippen LogP contribution is -2.43. The fourth-order valence-corrected chi connectivity index (χ4v) is 5.22. The summed E-state index contributed by atoms with van der Waals surface area (Å²) in [5.74, 6) is -0.416. The number of rotatable bonds is 3. The number of nitrogens with zero attached hydrogens (tertiary/aromatic N) is 1. The van der Waals surface area contributed by atoms with Crippen LogP contribution in [0.2, 0.25) is 5.02 Å². The van der Waals surface area contributed by atoms with E-state index in [1.807, 2.05) is 12.1 Å². The lowest BCUT2D eigenvalue weighted by molar-refractivity contribution is -0.116. The second kappa shape index (κ2) is 6.00. The van der Waals surface area contributed by atoms with Crippen LogP contribution in [0.25, 0.3) is 10.8 Å². The number of hydrogen-bond acceptors (Lipinski definition) is 3. The number of hydrogen-bond donors (Lipinski definition) is 1. The number of halogens is 1. The molecule has 132 valence electrons. The minimum absolute atomic E-state index is 0.233. The Balaban J connectivity index is 1.72. The van der Waals surface area contributed by atoms with Crippen LogP contribution < -0.4 is 9.62 Å². The SMILES string of the molecule is CC(C(=O)Nc1ccc(Cl)cc1)N1c2cccc3cccc(c23)S1(=O)=O. The number of carbonyl (C=O) groups is 1. The van der Waals surface area contributed by atoms with Gasteiger partial charge in [-0.05, 0) is 48.7 Å². The highest BCUT2D eigenvalue weighted by atomic mass is 35.5. The number of sulfonamides is 1. The molecule has 0 fully saturated rings. The summed E-state index contributed by atoms with van der Waals surface area (Å²) >= 11 is 5.85. The zero-order chi connectivity index (χ0) is 18.5. The Morgan fingerprint density at radius 2 is 1.69 bits per heavy atom. The van der Waals surface area contributed by atoms with Crippen LogP contribution in [0.5, 0.6) is 0 Å². The van der Waals surface area contributed by atoms with Crippen LogP contribution in [0.15, 0.2) is 65.6 Å². The first-order valence-electron chi connectivity index (χ1n) is 8.02. The molecule has 1 N–H and O–H groups in total. The number of nitrogens with one attached hydrogen (secondary N) is 1. The molecule has 0 aromatic heterocycles. The Labute approximate surface area is 156 Å². The molecule has 0 saturated heterocycles. The van der Waals surface area contributed by atoms with Gasteiger partial charge in [-0.1, -0.05) is 35.9 Å². The van der Waals surface area contributed by atoms with Crippen LogP contribution >= 0.6 is 11.6 Å². The standard InChI is InChI=1S/C19H15ClN2O3S/c1-12(19(23)21-15-10-8-14(20)9-11-15)22-16-6-2-4-13-5-3-7-17(18(13)16)26(22,24)25/h2-12H,1H3,(H,21,23). The summed E-state index contributed by atoms with van der Waals surface area (Å²) in [5.41, 5.74) is 1.08. The van der Waals surface area contributed by atoms with Gasteiger partial charge < -0.3 is 5.32 Å². The maximum atomic E-state index is 13.0. The van der Waals surface area contributed by atoms with Crippen LogP contribution in [-0.4, -0.2) is 20.4 Å². The molecule has 0 radical (unpaired) electrons. The number of anilines is 2. The molecule has 1 heterocycles. The maximum Gasteiger partial charge on any atom is 0.265 e. The van der Waals surface area contributed by atoms with E-state index in [0.717, 1.165) is 5.39 Å². The number of carbonyl (C=O) groups excluding carboxylic acids is 1. The monoisotopic (exact) mass is 386 g/mol. The van der Waals surface area contributed by atoms with Crippen molar-refractivity contribution in [3.63, 3.8) is 0 Å². The zero-order valence-corrected chi connectivity index (χ0v) is 15.4. The predicted octanol–water partition coefficient (Wildman–Crippen LogP) is 4.03. The van der Waals surface area contributed by atoms with E-state index in [0.29, 0.717) is 21.8 Å². The molecule has 3 aromatic carbocycles. The molecule has 0 bridgehead atoms. The van der Waals surface area contributed by atoms with E-state index in [1.54, 1.807) is 55.5 Å². The Morgan fingerprint density at radius 1 is 1.04 bits per heavy atom. The fourth-order valence-electron chi connectivity index (χ4n) is 3.22. The molecule has 0 aliphatic carbocycles. The van der Waals surface area contributed by atoms with Crippen molar-refractivity contribution in [2.45, 2.75) is 17.9 Å². The topological polar surface area (TPSA) is 66.5 Å². The Bertz CT molecular complexity index is 1120. The molecule has 0 spiro atoms. The van der Waals surface area contributed by atoms with Gasteiger partial charge in [0.25, 0.3) is 10.0 Å². The van der Waals surface area contributed by atoms with Gasteiger partial charge in [0.2, 0.25) is 5.91 Å². The molecule has 1 aliphatic heterocycles. The van der Waals surface area contributed by atoms with Gasteiger partial charge in [-0.15, -0.1) is 0 Å². The lowest BCUT2D eigenvalue weighted by Gasteiger charge is -2.25. The van der Waals surface area contributed by atoms with Crippen LogP contribution in [0.4, 0.5) is 11.4 Å². The minimum atomic E-state index is -3.79. The van der Waals surface area contributed by atoms with E-state index < -0.39 is 22.0 Å². The van der Waals surface area contributed by atoms with Crippen molar-refractivity contribution in [1.29, 1.82) is 0 Å². The first kappa shape index (κ1) is 16.9. The number of benzene rings is 3. The second-order valence-electron chi connectivity index (χ2n) is 6.10. The largest absolute Gasteiger partial charge is 0.324 e. The van der Waals surface area contributed by atoms with Gasteiger partial charge >= 0.3 is 0 Å². The van der Waals surface area contributed by atoms with Crippen molar-refractivity contribution in [2.75, 3.05) is 9.62 Å². The average molecular weight is 387 g/mol. The van der Waals surface area contributed by atoms with E-state index in [4.69, 9.17) is 11.6 Å². The molecule has 3 aromatic rings. The summed E-state index contributed by atoms with van der Waals surface area (Å²) in [6, 6.07) is 16.3. The van der Waals surface area contributed by atoms with Crippen molar-refractivity contribution < 1.29 is 13.2 Å².